The van der Waals surface area contributed by atoms with Crippen molar-refractivity contribution >= 4 is 11.6 Å². The maximum Gasteiger partial charge on any atom is 0.165 e. The van der Waals surface area contributed by atoms with Crippen LogP contribution in [0.4, 0.5) is 0 Å². The zero-order chi connectivity index (χ0) is 13.0. The van der Waals surface area contributed by atoms with Gasteiger partial charge in [0.05, 0.1) is 19.2 Å². The molecule has 0 spiro atoms. The summed E-state index contributed by atoms with van der Waals surface area (Å²) in [4.78, 5) is 0. The Bertz CT molecular complexity index is 389. The van der Waals surface area contributed by atoms with E-state index in [9.17, 15) is 0 Å². The SMILES string of the molecule is COc1cc(C(C)C)c(Cl)c(CCO)c1OC. The number of hydrogen-bond acceptors (Lipinski definition) is 3. The van der Waals surface area contributed by atoms with E-state index in [-0.39, 0.29) is 6.61 Å². The molecule has 0 fully saturated rings. The van der Waals surface area contributed by atoms with E-state index in [4.69, 9.17) is 26.2 Å². The molecule has 17 heavy (non-hydrogen) atoms. The average molecular weight is 259 g/mol. The second-order valence-electron chi connectivity index (χ2n) is 4.12. The fourth-order valence-corrected chi connectivity index (χ4v) is 2.28. The Morgan fingerprint density at radius 1 is 1.29 bits per heavy atom. The molecule has 0 saturated heterocycles. The van der Waals surface area contributed by atoms with E-state index < -0.39 is 0 Å². The van der Waals surface area contributed by atoms with Crippen molar-refractivity contribution in [3.63, 3.8) is 0 Å². The third kappa shape index (κ3) is 2.85. The highest BCUT2D eigenvalue weighted by molar-refractivity contribution is 6.32. The predicted molar refractivity (Wildman–Crippen MR) is 69.4 cm³/mol. The summed E-state index contributed by atoms with van der Waals surface area (Å²) in [6, 6.07) is 1.90. The molecule has 0 aromatic heterocycles. The summed E-state index contributed by atoms with van der Waals surface area (Å²) in [5, 5.41) is 9.76. The van der Waals surface area contributed by atoms with Crippen LogP contribution in [0.2, 0.25) is 5.02 Å². The fraction of sp³-hybridized carbons (Fsp3) is 0.538. The molecule has 3 nitrogen and oxygen atoms in total. The van der Waals surface area contributed by atoms with Gasteiger partial charge in [-0.15, -0.1) is 0 Å². The van der Waals surface area contributed by atoms with Crippen LogP contribution in [0, 0.1) is 0 Å². The molecule has 96 valence electrons. The lowest BCUT2D eigenvalue weighted by Crippen LogP contribution is -2.03. The zero-order valence-electron chi connectivity index (χ0n) is 10.7. The standard InChI is InChI=1S/C13H19ClO3/c1-8(2)10-7-11(16-3)13(17-4)9(5-6-15)12(10)14/h7-8,15H,5-6H2,1-4H3. The molecular weight excluding hydrogens is 240 g/mol. The molecule has 0 bridgehead atoms. The maximum atomic E-state index is 9.10. The Morgan fingerprint density at radius 3 is 2.35 bits per heavy atom. The summed E-state index contributed by atoms with van der Waals surface area (Å²) in [7, 11) is 3.17. The van der Waals surface area contributed by atoms with Crippen molar-refractivity contribution in [1.29, 1.82) is 0 Å². The molecule has 0 aliphatic rings. The lowest BCUT2D eigenvalue weighted by atomic mass is 9.98. The van der Waals surface area contributed by atoms with Gasteiger partial charge in [0.1, 0.15) is 0 Å². The number of aliphatic hydroxyl groups is 1. The molecule has 0 heterocycles. The van der Waals surface area contributed by atoms with Gasteiger partial charge in [0.25, 0.3) is 0 Å². The molecule has 0 saturated carbocycles. The van der Waals surface area contributed by atoms with Crippen LogP contribution in [0.3, 0.4) is 0 Å². The Labute approximate surface area is 107 Å². The molecule has 0 radical (unpaired) electrons. The van der Waals surface area contributed by atoms with Crippen LogP contribution in [-0.4, -0.2) is 25.9 Å². The molecule has 0 amide bonds. The number of methoxy groups -OCH3 is 2. The summed E-state index contributed by atoms with van der Waals surface area (Å²) in [6.07, 6.45) is 0.457. The van der Waals surface area contributed by atoms with Gasteiger partial charge in [0.15, 0.2) is 11.5 Å². The second-order valence-corrected chi connectivity index (χ2v) is 4.50. The Hall–Kier alpha value is -0.930. The lowest BCUT2D eigenvalue weighted by molar-refractivity contribution is 0.294. The van der Waals surface area contributed by atoms with Crippen molar-refractivity contribution in [3.05, 3.63) is 22.2 Å². The van der Waals surface area contributed by atoms with Crippen LogP contribution in [-0.2, 0) is 6.42 Å². The minimum atomic E-state index is 0.0286. The van der Waals surface area contributed by atoms with E-state index in [0.717, 1.165) is 11.1 Å². The van der Waals surface area contributed by atoms with Crippen molar-refractivity contribution < 1.29 is 14.6 Å². The highest BCUT2D eigenvalue weighted by Gasteiger charge is 2.19. The molecule has 0 unspecified atom stereocenters. The Morgan fingerprint density at radius 2 is 1.94 bits per heavy atom. The minimum absolute atomic E-state index is 0.0286. The van der Waals surface area contributed by atoms with E-state index in [1.54, 1.807) is 14.2 Å². The van der Waals surface area contributed by atoms with Crippen LogP contribution < -0.4 is 9.47 Å². The fourth-order valence-electron chi connectivity index (χ4n) is 1.82. The Kier molecular flexibility index (Phi) is 5.09. The maximum absolute atomic E-state index is 9.10. The number of halogens is 1. The molecule has 1 rings (SSSR count). The van der Waals surface area contributed by atoms with E-state index in [0.29, 0.717) is 28.9 Å². The molecular formula is C13H19ClO3. The first-order valence-electron chi connectivity index (χ1n) is 5.60. The van der Waals surface area contributed by atoms with Gasteiger partial charge in [-0.3, -0.25) is 0 Å². The highest BCUT2D eigenvalue weighted by atomic mass is 35.5. The molecule has 1 aromatic rings. The van der Waals surface area contributed by atoms with Crippen LogP contribution in [0.25, 0.3) is 0 Å². The predicted octanol–water partition coefficient (Wildman–Crippen LogP) is 3.02. The van der Waals surface area contributed by atoms with E-state index in [2.05, 4.69) is 13.8 Å². The third-order valence-electron chi connectivity index (χ3n) is 2.71. The molecule has 0 aliphatic carbocycles. The quantitative estimate of drug-likeness (QED) is 0.882. The van der Waals surface area contributed by atoms with Gasteiger partial charge in [-0.05, 0) is 17.5 Å². The van der Waals surface area contributed by atoms with Gasteiger partial charge in [0.2, 0.25) is 0 Å². The molecule has 4 heteroatoms. The first-order chi connectivity index (χ1) is 8.06. The number of hydrogen-bond donors (Lipinski definition) is 1. The summed E-state index contributed by atoms with van der Waals surface area (Å²) < 4.78 is 10.6. The smallest absolute Gasteiger partial charge is 0.165 e. The zero-order valence-corrected chi connectivity index (χ0v) is 11.5. The van der Waals surface area contributed by atoms with Gasteiger partial charge in [-0.25, -0.2) is 0 Å². The highest BCUT2D eigenvalue weighted by Crippen LogP contribution is 2.41. The second kappa shape index (κ2) is 6.12. The number of ether oxygens (including phenoxy) is 2. The normalized spacial score (nSPS) is 10.8. The van der Waals surface area contributed by atoms with Gasteiger partial charge >= 0.3 is 0 Å². The van der Waals surface area contributed by atoms with Gasteiger partial charge in [-0.2, -0.15) is 0 Å². The van der Waals surface area contributed by atoms with Crippen molar-refractivity contribution in [3.8, 4) is 11.5 Å². The van der Waals surface area contributed by atoms with Crippen molar-refractivity contribution in [2.24, 2.45) is 0 Å². The first kappa shape index (κ1) is 14.1. The molecule has 0 aliphatic heterocycles. The molecule has 0 atom stereocenters. The van der Waals surface area contributed by atoms with Gasteiger partial charge in [-0.1, -0.05) is 25.4 Å². The van der Waals surface area contributed by atoms with E-state index >= 15 is 0 Å². The van der Waals surface area contributed by atoms with Crippen molar-refractivity contribution in [2.45, 2.75) is 26.2 Å². The summed E-state index contributed by atoms with van der Waals surface area (Å²) in [6.45, 7) is 4.16. The van der Waals surface area contributed by atoms with Crippen LogP contribution in [0.15, 0.2) is 6.07 Å². The van der Waals surface area contributed by atoms with Crippen LogP contribution in [0.5, 0.6) is 11.5 Å². The summed E-state index contributed by atoms with van der Waals surface area (Å²) in [5.74, 6) is 1.56. The van der Waals surface area contributed by atoms with Crippen LogP contribution >= 0.6 is 11.6 Å². The van der Waals surface area contributed by atoms with Crippen molar-refractivity contribution in [2.75, 3.05) is 20.8 Å². The Balaban J connectivity index is 3.45. The van der Waals surface area contributed by atoms with Crippen molar-refractivity contribution in [1.82, 2.24) is 0 Å². The molecule has 1 aromatic carbocycles. The lowest BCUT2D eigenvalue weighted by Gasteiger charge is -2.18. The van der Waals surface area contributed by atoms with Gasteiger partial charge in [0, 0.05) is 18.6 Å². The summed E-state index contributed by atoms with van der Waals surface area (Å²) in [5.41, 5.74) is 1.81. The minimum Gasteiger partial charge on any atom is -0.493 e. The number of rotatable bonds is 5. The van der Waals surface area contributed by atoms with Crippen LogP contribution in [0.1, 0.15) is 30.9 Å². The van der Waals surface area contributed by atoms with E-state index in [1.165, 1.54) is 0 Å². The topological polar surface area (TPSA) is 38.7 Å². The first-order valence-corrected chi connectivity index (χ1v) is 5.98. The monoisotopic (exact) mass is 258 g/mol. The molecule has 1 N–H and O–H groups in total. The number of aliphatic hydroxyl groups excluding tert-OH is 1. The largest absolute Gasteiger partial charge is 0.493 e. The number of benzene rings is 1. The van der Waals surface area contributed by atoms with E-state index in [1.807, 2.05) is 6.07 Å². The average Bonchev–Trinajstić information content (AvgIpc) is 2.31. The third-order valence-corrected chi connectivity index (χ3v) is 3.16. The van der Waals surface area contributed by atoms with Gasteiger partial charge < -0.3 is 14.6 Å². The summed E-state index contributed by atoms with van der Waals surface area (Å²) >= 11 is 6.35.